The molecule has 0 atom stereocenters. The summed E-state index contributed by atoms with van der Waals surface area (Å²) in [5.41, 5.74) is 3.94. The van der Waals surface area contributed by atoms with E-state index in [0.717, 1.165) is 36.4 Å². The summed E-state index contributed by atoms with van der Waals surface area (Å²) in [6.45, 7) is 2.25. The molecule has 4 nitrogen and oxygen atoms in total. The Hall–Kier alpha value is -3.73. The lowest BCUT2D eigenvalue weighted by Gasteiger charge is -2.43. The molecule has 5 heteroatoms. The summed E-state index contributed by atoms with van der Waals surface area (Å²) >= 11 is 0. The summed E-state index contributed by atoms with van der Waals surface area (Å²) in [6.07, 6.45) is 6.22. The van der Waals surface area contributed by atoms with E-state index in [4.69, 9.17) is 14.2 Å². The largest absolute Gasteiger partial charge is 0.497 e. The number of hydrogen-bond donors (Lipinski definition) is 0. The van der Waals surface area contributed by atoms with Crippen molar-refractivity contribution in [1.82, 2.24) is 0 Å². The van der Waals surface area contributed by atoms with E-state index in [9.17, 15) is 0 Å². The van der Waals surface area contributed by atoms with Gasteiger partial charge >= 0.3 is 0 Å². The number of methoxy groups -OCH3 is 3. The van der Waals surface area contributed by atoms with E-state index in [1.54, 1.807) is 21.3 Å². The lowest BCUT2D eigenvalue weighted by Crippen LogP contribution is -2.66. The summed E-state index contributed by atoms with van der Waals surface area (Å²) in [7, 11) is 7.12. The Kier molecular flexibility index (Phi) is 9.99. The number of pyridine rings is 1. The Morgan fingerprint density at radius 3 is 1.19 bits per heavy atom. The number of ether oxygens (including phenoxy) is 3. The van der Waals surface area contributed by atoms with E-state index >= 15 is 0 Å². The number of hydrogen-bond acceptors (Lipinski definition) is 3. The standard InChI is InChI=1S/C25H30BO3.C6H8N/c1-5-6-19-26(20-7-13-23(27-2)14-8-20,21-9-15-24(28-3)16-10-21)22-11-17-25(29-4)18-12-22;1-7-5-3-2-4-6-7/h7-18H,5-6,19H2,1-4H3;2-6H,1H3/q-1;+1. The van der Waals surface area contributed by atoms with Gasteiger partial charge in [0.1, 0.15) is 24.3 Å². The Morgan fingerprint density at radius 2 is 0.944 bits per heavy atom. The van der Waals surface area contributed by atoms with Crippen LogP contribution in [0.3, 0.4) is 0 Å². The predicted octanol–water partition coefficient (Wildman–Crippen LogP) is 4.49. The number of aromatic nitrogens is 1. The molecule has 0 spiro atoms. The molecule has 0 aliphatic carbocycles. The molecule has 4 aromatic rings. The third kappa shape index (κ3) is 6.48. The van der Waals surface area contributed by atoms with Gasteiger partial charge < -0.3 is 14.2 Å². The van der Waals surface area contributed by atoms with Gasteiger partial charge in [0.05, 0.1) is 27.5 Å². The van der Waals surface area contributed by atoms with Crippen LogP contribution in [0.2, 0.25) is 6.32 Å². The second-order valence-corrected chi connectivity index (χ2v) is 9.05. The molecule has 188 valence electrons. The van der Waals surface area contributed by atoms with Crippen molar-refractivity contribution < 1.29 is 18.8 Å². The van der Waals surface area contributed by atoms with Gasteiger partial charge in [0, 0.05) is 12.1 Å². The molecule has 1 heterocycles. The number of rotatable bonds is 9. The highest BCUT2D eigenvalue weighted by molar-refractivity contribution is 7.11. The van der Waals surface area contributed by atoms with Gasteiger partial charge in [0.15, 0.2) is 12.4 Å². The van der Waals surface area contributed by atoms with Crippen molar-refractivity contribution in [2.24, 2.45) is 7.05 Å². The lowest BCUT2D eigenvalue weighted by atomic mass is 9.14. The molecule has 0 bridgehead atoms. The minimum atomic E-state index is -1.14. The van der Waals surface area contributed by atoms with Gasteiger partial charge in [-0.15, -0.1) is 0 Å². The van der Waals surface area contributed by atoms with Crippen molar-refractivity contribution in [3.63, 3.8) is 0 Å². The second-order valence-electron chi connectivity index (χ2n) is 9.05. The van der Waals surface area contributed by atoms with Crippen LogP contribution < -0.4 is 35.2 Å². The second kappa shape index (κ2) is 13.4. The van der Waals surface area contributed by atoms with E-state index in [2.05, 4.69) is 79.7 Å². The number of unbranched alkanes of at least 4 members (excludes halogenated alkanes) is 1. The maximum Gasteiger partial charge on any atom is 0.168 e. The molecule has 0 saturated heterocycles. The molecule has 0 N–H and O–H groups in total. The van der Waals surface area contributed by atoms with E-state index < -0.39 is 6.15 Å². The normalized spacial score (nSPS) is 10.7. The van der Waals surface area contributed by atoms with E-state index in [0.29, 0.717) is 0 Å². The van der Waals surface area contributed by atoms with Crippen molar-refractivity contribution >= 4 is 22.5 Å². The van der Waals surface area contributed by atoms with Crippen molar-refractivity contribution in [1.29, 1.82) is 0 Å². The Morgan fingerprint density at radius 1 is 0.583 bits per heavy atom. The van der Waals surface area contributed by atoms with Gasteiger partial charge in [-0.05, 0) is 36.4 Å². The summed E-state index contributed by atoms with van der Waals surface area (Å²) in [4.78, 5) is 0. The number of nitrogens with zero attached hydrogens (tertiary/aromatic N) is 1. The first-order valence-electron chi connectivity index (χ1n) is 12.6. The van der Waals surface area contributed by atoms with Crippen molar-refractivity contribution in [2.75, 3.05) is 21.3 Å². The number of benzene rings is 3. The van der Waals surface area contributed by atoms with E-state index in [1.165, 1.54) is 16.4 Å². The van der Waals surface area contributed by atoms with E-state index in [1.807, 2.05) is 42.2 Å². The average molecular weight is 483 g/mol. The molecule has 3 aromatic carbocycles. The molecule has 0 radical (unpaired) electrons. The van der Waals surface area contributed by atoms with Crippen LogP contribution in [0.15, 0.2) is 103 Å². The maximum atomic E-state index is 5.41. The predicted molar refractivity (Wildman–Crippen MR) is 151 cm³/mol. The first kappa shape index (κ1) is 26.9. The molecule has 0 unspecified atom stereocenters. The zero-order valence-corrected chi connectivity index (χ0v) is 22.2. The van der Waals surface area contributed by atoms with Crippen LogP contribution in [0.1, 0.15) is 19.8 Å². The average Bonchev–Trinajstić information content (AvgIpc) is 2.95. The SMILES string of the molecule is CCCC[B-](c1ccc(OC)cc1)(c1ccc(OC)cc1)c1ccc(OC)cc1.C[n+]1ccccc1. The van der Waals surface area contributed by atoms with Crippen LogP contribution in [0.5, 0.6) is 17.2 Å². The molecular formula is C31H38BNO3. The third-order valence-electron chi connectivity index (χ3n) is 6.91. The molecule has 0 aliphatic rings. The van der Waals surface area contributed by atoms with E-state index in [-0.39, 0.29) is 0 Å². The van der Waals surface area contributed by atoms with Crippen LogP contribution in [-0.2, 0) is 7.05 Å². The van der Waals surface area contributed by atoms with Gasteiger partial charge in [-0.3, -0.25) is 0 Å². The van der Waals surface area contributed by atoms with Crippen LogP contribution in [0, 0.1) is 0 Å². The first-order chi connectivity index (χ1) is 17.6. The fourth-order valence-corrected chi connectivity index (χ4v) is 4.87. The topological polar surface area (TPSA) is 31.6 Å². The minimum absolute atomic E-state index is 0.874. The molecule has 0 amide bonds. The molecule has 4 rings (SSSR count). The zero-order valence-electron chi connectivity index (χ0n) is 22.2. The van der Waals surface area contributed by atoms with Crippen molar-refractivity contribution in [3.8, 4) is 17.2 Å². The molecule has 0 saturated carbocycles. The summed E-state index contributed by atoms with van der Waals surface area (Å²) in [5.74, 6) is 2.62. The van der Waals surface area contributed by atoms with Gasteiger partial charge in [-0.2, -0.15) is 22.7 Å². The first-order valence-corrected chi connectivity index (χ1v) is 12.6. The molecule has 0 aliphatic heterocycles. The van der Waals surface area contributed by atoms with Crippen LogP contribution in [0.4, 0.5) is 0 Å². The highest BCUT2D eigenvalue weighted by Gasteiger charge is 2.29. The fourth-order valence-electron chi connectivity index (χ4n) is 4.87. The Labute approximate surface area is 216 Å². The van der Waals surface area contributed by atoms with Gasteiger partial charge in [0.2, 0.25) is 0 Å². The molecule has 1 aromatic heterocycles. The molecule has 0 fully saturated rings. The highest BCUT2D eigenvalue weighted by Crippen LogP contribution is 2.21. The zero-order chi connectivity index (χ0) is 25.8. The van der Waals surface area contributed by atoms with Crippen LogP contribution in [0.25, 0.3) is 0 Å². The molecular weight excluding hydrogens is 445 g/mol. The Bertz CT molecular complexity index is 1050. The quantitative estimate of drug-likeness (QED) is 0.260. The lowest BCUT2D eigenvalue weighted by molar-refractivity contribution is -0.671. The summed E-state index contributed by atoms with van der Waals surface area (Å²) < 4.78 is 18.2. The van der Waals surface area contributed by atoms with Crippen molar-refractivity contribution in [2.45, 2.75) is 26.1 Å². The number of aryl methyl sites for hydroxylation is 1. The minimum Gasteiger partial charge on any atom is -0.497 e. The van der Waals surface area contributed by atoms with Crippen LogP contribution in [-0.4, -0.2) is 27.5 Å². The van der Waals surface area contributed by atoms with Gasteiger partial charge in [0.25, 0.3) is 0 Å². The summed E-state index contributed by atoms with van der Waals surface area (Å²) in [5, 5.41) is 0. The maximum absolute atomic E-state index is 5.41. The van der Waals surface area contributed by atoms with Crippen LogP contribution >= 0.6 is 0 Å². The highest BCUT2D eigenvalue weighted by atomic mass is 16.5. The van der Waals surface area contributed by atoms with Crippen molar-refractivity contribution in [3.05, 3.63) is 103 Å². The molecule has 36 heavy (non-hydrogen) atoms. The smallest absolute Gasteiger partial charge is 0.168 e. The van der Waals surface area contributed by atoms with Gasteiger partial charge in [-0.25, -0.2) is 4.57 Å². The summed E-state index contributed by atoms with van der Waals surface area (Å²) in [6, 6.07) is 31.6. The monoisotopic (exact) mass is 483 g/mol. The Balaban J connectivity index is 0.000000444. The fraction of sp³-hybridized carbons (Fsp3) is 0.258. The van der Waals surface area contributed by atoms with Gasteiger partial charge in [-0.1, -0.05) is 62.2 Å². The third-order valence-corrected chi connectivity index (χ3v) is 6.91.